The first kappa shape index (κ1) is 19.7. The van der Waals surface area contributed by atoms with Crippen LogP contribution in [0.2, 0.25) is 0 Å². The monoisotopic (exact) mass is 412 g/mol. The SMILES string of the molecule is Cc1ccsc1-c1cc(C(=O)N[C@H](C)CN2CCOCC2)cc(-n2cnnn2)c1. The zero-order valence-electron chi connectivity index (χ0n) is 16.5. The van der Waals surface area contributed by atoms with Crippen LogP contribution < -0.4 is 5.32 Å². The number of nitrogens with zero attached hydrogens (tertiary/aromatic N) is 5. The normalized spacial score (nSPS) is 15.9. The molecule has 29 heavy (non-hydrogen) atoms. The molecule has 1 amide bonds. The Morgan fingerprint density at radius 3 is 2.83 bits per heavy atom. The number of carbonyl (C=O) groups is 1. The van der Waals surface area contributed by atoms with Gasteiger partial charge in [0.15, 0.2) is 0 Å². The lowest BCUT2D eigenvalue weighted by Crippen LogP contribution is -2.46. The fraction of sp³-hybridized carbons (Fsp3) is 0.400. The molecule has 152 valence electrons. The average Bonchev–Trinajstić information content (AvgIpc) is 3.40. The first-order valence-corrected chi connectivity index (χ1v) is 10.5. The highest BCUT2D eigenvalue weighted by Crippen LogP contribution is 2.31. The van der Waals surface area contributed by atoms with Crippen molar-refractivity contribution in [3.8, 4) is 16.1 Å². The van der Waals surface area contributed by atoms with Gasteiger partial charge in [0.25, 0.3) is 5.91 Å². The van der Waals surface area contributed by atoms with Crippen molar-refractivity contribution in [1.29, 1.82) is 0 Å². The van der Waals surface area contributed by atoms with Crippen molar-refractivity contribution >= 4 is 17.2 Å². The molecule has 1 atom stereocenters. The van der Waals surface area contributed by atoms with Gasteiger partial charge >= 0.3 is 0 Å². The molecule has 0 spiro atoms. The number of benzene rings is 1. The fourth-order valence-electron chi connectivity index (χ4n) is 3.48. The number of amides is 1. The van der Waals surface area contributed by atoms with Gasteiger partial charge in [-0.1, -0.05) is 0 Å². The van der Waals surface area contributed by atoms with Crippen molar-refractivity contribution in [2.45, 2.75) is 19.9 Å². The molecule has 1 fully saturated rings. The maximum absolute atomic E-state index is 13.0. The smallest absolute Gasteiger partial charge is 0.251 e. The van der Waals surface area contributed by atoms with Crippen LogP contribution in [0.15, 0.2) is 36.0 Å². The number of hydrogen-bond donors (Lipinski definition) is 1. The Morgan fingerprint density at radius 2 is 2.14 bits per heavy atom. The molecule has 8 nitrogen and oxygen atoms in total. The molecule has 4 rings (SSSR count). The van der Waals surface area contributed by atoms with Crippen LogP contribution >= 0.6 is 11.3 Å². The maximum atomic E-state index is 13.0. The first-order chi connectivity index (χ1) is 14.1. The number of aromatic nitrogens is 4. The van der Waals surface area contributed by atoms with Gasteiger partial charge in [0, 0.05) is 36.1 Å². The van der Waals surface area contributed by atoms with Gasteiger partial charge in [-0.2, -0.15) is 0 Å². The van der Waals surface area contributed by atoms with Crippen LogP contribution in [0.25, 0.3) is 16.1 Å². The Labute approximate surface area is 173 Å². The van der Waals surface area contributed by atoms with Crippen molar-refractivity contribution < 1.29 is 9.53 Å². The molecule has 1 aliphatic heterocycles. The lowest BCUT2D eigenvalue weighted by molar-refractivity contribution is 0.0342. The number of nitrogens with one attached hydrogen (secondary N) is 1. The number of carbonyl (C=O) groups excluding carboxylic acids is 1. The van der Waals surface area contributed by atoms with Crippen LogP contribution in [0.1, 0.15) is 22.8 Å². The van der Waals surface area contributed by atoms with Crippen LogP contribution in [-0.4, -0.2) is 69.9 Å². The van der Waals surface area contributed by atoms with Gasteiger partial charge < -0.3 is 10.1 Å². The molecule has 0 aliphatic carbocycles. The molecule has 1 aromatic carbocycles. The summed E-state index contributed by atoms with van der Waals surface area (Å²) in [4.78, 5) is 16.5. The Bertz CT molecular complexity index is 965. The summed E-state index contributed by atoms with van der Waals surface area (Å²) in [5.74, 6) is -0.101. The van der Waals surface area contributed by atoms with Crippen molar-refractivity contribution in [2.24, 2.45) is 0 Å². The number of aryl methyl sites for hydroxylation is 1. The molecule has 3 aromatic rings. The molecule has 1 saturated heterocycles. The highest BCUT2D eigenvalue weighted by atomic mass is 32.1. The highest BCUT2D eigenvalue weighted by Gasteiger charge is 2.18. The van der Waals surface area contributed by atoms with E-state index in [0.29, 0.717) is 5.56 Å². The van der Waals surface area contributed by atoms with Crippen molar-refractivity contribution in [2.75, 3.05) is 32.8 Å². The molecule has 0 radical (unpaired) electrons. The van der Waals surface area contributed by atoms with Gasteiger partial charge in [0.1, 0.15) is 6.33 Å². The molecule has 0 unspecified atom stereocenters. The molecule has 1 aliphatic rings. The van der Waals surface area contributed by atoms with Gasteiger partial charge in [0.2, 0.25) is 0 Å². The van der Waals surface area contributed by atoms with Crippen LogP contribution in [0.4, 0.5) is 0 Å². The van der Waals surface area contributed by atoms with Gasteiger partial charge in [-0.3, -0.25) is 9.69 Å². The Hall–Kier alpha value is -2.62. The van der Waals surface area contributed by atoms with Crippen molar-refractivity contribution in [1.82, 2.24) is 30.4 Å². The van der Waals surface area contributed by atoms with E-state index in [1.165, 1.54) is 11.9 Å². The third kappa shape index (κ3) is 4.69. The van der Waals surface area contributed by atoms with Gasteiger partial charge in [-0.25, -0.2) is 4.68 Å². The predicted octanol–water partition coefficient (Wildman–Crippen LogP) is 2.15. The average molecular weight is 413 g/mol. The molecule has 2 aromatic heterocycles. The summed E-state index contributed by atoms with van der Waals surface area (Å²) in [6.45, 7) is 8.20. The highest BCUT2D eigenvalue weighted by molar-refractivity contribution is 7.13. The van der Waals surface area contributed by atoms with Gasteiger partial charge in [0.05, 0.1) is 18.9 Å². The fourth-order valence-corrected chi connectivity index (χ4v) is 4.39. The minimum atomic E-state index is -0.101. The standard InChI is InChI=1S/C20H24N6O2S/c1-14-3-8-29-19(14)16-9-17(11-18(10-16)26-13-21-23-24-26)20(27)22-15(2)12-25-4-6-28-7-5-25/h3,8-11,13,15H,4-7,12H2,1-2H3,(H,22,27)/t15-/m1/s1. The van der Waals surface area contributed by atoms with E-state index in [2.05, 4.69) is 44.1 Å². The summed E-state index contributed by atoms with van der Waals surface area (Å²) in [6, 6.07) is 7.87. The Kier molecular flexibility index (Phi) is 5.98. The zero-order valence-corrected chi connectivity index (χ0v) is 17.4. The minimum absolute atomic E-state index is 0.0317. The summed E-state index contributed by atoms with van der Waals surface area (Å²) in [5.41, 5.74) is 3.51. The van der Waals surface area contributed by atoms with E-state index in [-0.39, 0.29) is 11.9 Å². The topological polar surface area (TPSA) is 85.2 Å². The van der Waals surface area contributed by atoms with Crippen LogP contribution in [0.5, 0.6) is 0 Å². The number of ether oxygens (including phenoxy) is 1. The van der Waals surface area contributed by atoms with Crippen LogP contribution in [-0.2, 0) is 4.74 Å². The largest absolute Gasteiger partial charge is 0.379 e. The molecule has 0 saturated carbocycles. The second kappa shape index (κ2) is 8.81. The number of thiophene rings is 1. The number of morpholine rings is 1. The van der Waals surface area contributed by atoms with E-state index in [0.717, 1.165) is 49.0 Å². The second-order valence-electron chi connectivity index (χ2n) is 7.24. The molecular formula is C20H24N6O2S. The molecule has 3 heterocycles. The van der Waals surface area contributed by atoms with E-state index in [9.17, 15) is 4.79 Å². The first-order valence-electron chi connectivity index (χ1n) is 9.64. The summed E-state index contributed by atoms with van der Waals surface area (Å²) in [6.07, 6.45) is 1.53. The third-order valence-electron chi connectivity index (χ3n) is 4.93. The summed E-state index contributed by atoms with van der Waals surface area (Å²) >= 11 is 1.66. The minimum Gasteiger partial charge on any atom is -0.379 e. The molecular weight excluding hydrogens is 388 g/mol. The lowest BCUT2D eigenvalue weighted by Gasteiger charge is -2.29. The van der Waals surface area contributed by atoms with Crippen molar-refractivity contribution in [3.05, 3.63) is 47.1 Å². The molecule has 9 heteroatoms. The van der Waals surface area contributed by atoms with Crippen LogP contribution in [0, 0.1) is 6.92 Å². The number of tetrazole rings is 1. The van der Waals surface area contributed by atoms with E-state index >= 15 is 0 Å². The number of hydrogen-bond acceptors (Lipinski definition) is 7. The van der Waals surface area contributed by atoms with E-state index in [1.807, 2.05) is 25.1 Å². The quantitative estimate of drug-likeness (QED) is 0.668. The summed E-state index contributed by atoms with van der Waals surface area (Å²) in [7, 11) is 0. The van der Waals surface area contributed by atoms with E-state index < -0.39 is 0 Å². The summed E-state index contributed by atoms with van der Waals surface area (Å²) in [5, 5.41) is 16.6. The lowest BCUT2D eigenvalue weighted by atomic mass is 10.0. The zero-order chi connectivity index (χ0) is 20.2. The van der Waals surface area contributed by atoms with Gasteiger partial charge in [-0.15, -0.1) is 16.4 Å². The molecule has 0 bridgehead atoms. The molecule has 1 N–H and O–H groups in total. The second-order valence-corrected chi connectivity index (χ2v) is 8.16. The van der Waals surface area contributed by atoms with Gasteiger partial charge in [-0.05, 0) is 65.0 Å². The van der Waals surface area contributed by atoms with Crippen LogP contribution in [0.3, 0.4) is 0 Å². The van der Waals surface area contributed by atoms with E-state index in [1.54, 1.807) is 16.0 Å². The Balaban J connectivity index is 1.57. The predicted molar refractivity (Wildman–Crippen MR) is 111 cm³/mol. The third-order valence-corrected chi connectivity index (χ3v) is 6.00. The summed E-state index contributed by atoms with van der Waals surface area (Å²) < 4.78 is 6.96. The maximum Gasteiger partial charge on any atom is 0.251 e. The van der Waals surface area contributed by atoms with E-state index in [4.69, 9.17) is 4.74 Å². The number of rotatable bonds is 6. The Morgan fingerprint density at radius 1 is 1.31 bits per heavy atom. The van der Waals surface area contributed by atoms with Crippen molar-refractivity contribution in [3.63, 3.8) is 0 Å².